The molecule has 2 heterocycles. The van der Waals surface area contributed by atoms with Crippen molar-refractivity contribution in [2.24, 2.45) is 7.05 Å². The highest BCUT2D eigenvalue weighted by Crippen LogP contribution is 2.25. The van der Waals surface area contributed by atoms with Gasteiger partial charge in [0.25, 0.3) is 5.91 Å². The van der Waals surface area contributed by atoms with Crippen LogP contribution < -0.4 is 0 Å². The van der Waals surface area contributed by atoms with Crippen molar-refractivity contribution in [1.82, 2.24) is 14.4 Å². The van der Waals surface area contributed by atoms with E-state index in [0.717, 1.165) is 16.5 Å². The highest BCUT2D eigenvalue weighted by Gasteiger charge is 2.33. The highest BCUT2D eigenvalue weighted by atomic mass is 16.2. The number of fused-ring (bicyclic) bond motifs is 1. The number of carbonyl (C=O) groups is 1. The molecule has 3 rings (SSSR count). The predicted molar refractivity (Wildman–Crippen MR) is 79.2 cm³/mol. The average molecular weight is 268 g/mol. The zero-order chi connectivity index (χ0) is 14.4. The normalized spacial score (nSPS) is 17.9. The van der Waals surface area contributed by atoms with E-state index in [0.29, 0.717) is 5.70 Å². The number of nitrogens with zero attached hydrogens (tertiary/aromatic N) is 3. The van der Waals surface area contributed by atoms with E-state index in [1.807, 2.05) is 48.2 Å². The maximum absolute atomic E-state index is 12.1. The molecular formula is C15H16N4O. The predicted octanol–water partition coefficient (Wildman–Crippen LogP) is 1.86. The molecule has 5 heteroatoms. The van der Waals surface area contributed by atoms with Crippen LogP contribution in [0.5, 0.6) is 0 Å². The minimum absolute atomic E-state index is 0.148. The minimum atomic E-state index is -0.148. The van der Waals surface area contributed by atoms with Crippen LogP contribution in [-0.2, 0) is 11.8 Å². The fourth-order valence-electron chi connectivity index (χ4n) is 2.54. The maximum Gasteiger partial charge on any atom is 0.277 e. The summed E-state index contributed by atoms with van der Waals surface area (Å²) in [6.45, 7) is 0. The van der Waals surface area contributed by atoms with Crippen LogP contribution in [0.15, 0.2) is 36.2 Å². The largest absolute Gasteiger partial charge is 0.350 e. The zero-order valence-corrected chi connectivity index (χ0v) is 11.7. The number of aryl methyl sites for hydroxylation is 1. The molecule has 0 aliphatic carbocycles. The second-order valence-electron chi connectivity index (χ2n) is 4.99. The molecule has 0 atom stereocenters. The molecule has 1 aliphatic rings. The third kappa shape index (κ3) is 1.63. The lowest BCUT2D eigenvalue weighted by molar-refractivity contribution is -0.121. The van der Waals surface area contributed by atoms with Crippen molar-refractivity contribution in [3.8, 4) is 0 Å². The standard InChI is InChI=1S/C15H16N4O/c1-17-9-10(11-6-4-5-7-12(11)17)8-13-14(20)19(3)15(16)18(13)2/h4-9,16H,1-3H3/b13-8+,16-15?. The Bertz CT molecular complexity index is 756. The Balaban J connectivity index is 2.16. The van der Waals surface area contributed by atoms with Gasteiger partial charge < -0.3 is 9.47 Å². The first-order chi connectivity index (χ1) is 9.50. The topological polar surface area (TPSA) is 52.3 Å². The van der Waals surface area contributed by atoms with Gasteiger partial charge >= 0.3 is 0 Å². The van der Waals surface area contributed by atoms with E-state index < -0.39 is 0 Å². The third-order valence-electron chi connectivity index (χ3n) is 3.74. The Morgan fingerprint density at radius 2 is 1.80 bits per heavy atom. The summed E-state index contributed by atoms with van der Waals surface area (Å²) in [7, 11) is 5.34. The molecule has 20 heavy (non-hydrogen) atoms. The van der Waals surface area contributed by atoms with E-state index >= 15 is 0 Å². The van der Waals surface area contributed by atoms with Crippen LogP contribution in [0, 0.1) is 5.41 Å². The number of hydrogen-bond acceptors (Lipinski definition) is 2. The number of carbonyl (C=O) groups excluding carboxylic acids is 1. The lowest BCUT2D eigenvalue weighted by Crippen LogP contribution is -2.27. The van der Waals surface area contributed by atoms with Crippen molar-refractivity contribution < 1.29 is 4.79 Å². The number of nitrogens with one attached hydrogen (secondary N) is 1. The lowest BCUT2D eigenvalue weighted by Gasteiger charge is -2.10. The van der Waals surface area contributed by atoms with E-state index in [2.05, 4.69) is 0 Å². The van der Waals surface area contributed by atoms with Crippen molar-refractivity contribution in [3.63, 3.8) is 0 Å². The Hall–Kier alpha value is -2.56. The van der Waals surface area contributed by atoms with Crippen LogP contribution >= 0.6 is 0 Å². The Labute approximate surface area is 117 Å². The summed E-state index contributed by atoms with van der Waals surface area (Å²) in [6, 6.07) is 8.07. The first kappa shape index (κ1) is 12.5. The van der Waals surface area contributed by atoms with Crippen LogP contribution in [0.1, 0.15) is 5.56 Å². The van der Waals surface area contributed by atoms with Crippen molar-refractivity contribution in [3.05, 3.63) is 41.7 Å². The molecule has 5 nitrogen and oxygen atoms in total. The Kier molecular flexibility index (Phi) is 2.64. The van der Waals surface area contributed by atoms with Crippen LogP contribution in [0.25, 0.3) is 17.0 Å². The third-order valence-corrected chi connectivity index (χ3v) is 3.74. The van der Waals surface area contributed by atoms with Crippen LogP contribution in [-0.4, -0.2) is 40.3 Å². The van der Waals surface area contributed by atoms with Crippen molar-refractivity contribution >= 4 is 28.8 Å². The molecule has 0 unspecified atom stereocenters. The monoisotopic (exact) mass is 268 g/mol. The number of para-hydroxylation sites is 1. The van der Waals surface area contributed by atoms with E-state index in [-0.39, 0.29) is 11.9 Å². The van der Waals surface area contributed by atoms with Gasteiger partial charge in [0.2, 0.25) is 5.96 Å². The molecule has 102 valence electrons. The fraction of sp³-hybridized carbons (Fsp3) is 0.200. The molecule has 1 N–H and O–H groups in total. The summed E-state index contributed by atoms with van der Waals surface area (Å²) >= 11 is 0. The summed E-state index contributed by atoms with van der Waals surface area (Å²) < 4.78 is 2.04. The first-order valence-electron chi connectivity index (χ1n) is 6.37. The quantitative estimate of drug-likeness (QED) is 0.803. The van der Waals surface area contributed by atoms with Gasteiger partial charge in [-0.05, 0) is 12.1 Å². The Morgan fingerprint density at radius 3 is 2.45 bits per heavy atom. The zero-order valence-electron chi connectivity index (χ0n) is 11.7. The number of benzene rings is 1. The van der Waals surface area contributed by atoms with E-state index in [1.165, 1.54) is 4.90 Å². The van der Waals surface area contributed by atoms with Gasteiger partial charge in [-0.3, -0.25) is 15.1 Å². The van der Waals surface area contributed by atoms with Crippen LogP contribution in [0.2, 0.25) is 0 Å². The fourth-order valence-corrected chi connectivity index (χ4v) is 2.54. The summed E-state index contributed by atoms with van der Waals surface area (Å²) in [5.74, 6) is 0.0481. The molecule has 0 bridgehead atoms. The molecule has 1 saturated heterocycles. The number of aromatic nitrogens is 1. The van der Waals surface area contributed by atoms with Gasteiger partial charge in [-0.15, -0.1) is 0 Å². The Morgan fingerprint density at radius 1 is 1.10 bits per heavy atom. The molecule has 0 spiro atoms. The van der Waals surface area contributed by atoms with Gasteiger partial charge in [0.1, 0.15) is 5.70 Å². The summed E-state index contributed by atoms with van der Waals surface area (Å²) in [6.07, 6.45) is 3.85. The van der Waals surface area contributed by atoms with Gasteiger partial charge in [-0.1, -0.05) is 18.2 Å². The maximum atomic E-state index is 12.1. The van der Waals surface area contributed by atoms with Gasteiger partial charge in [0.05, 0.1) is 0 Å². The lowest BCUT2D eigenvalue weighted by atomic mass is 10.1. The van der Waals surface area contributed by atoms with E-state index in [1.54, 1.807) is 19.0 Å². The smallest absolute Gasteiger partial charge is 0.277 e. The van der Waals surface area contributed by atoms with Crippen LogP contribution in [0.4, 0.5) is 0 Å². The van der Waals surface area contributed by atoms with Crippen molar-refractivity contribution in [2.75, 3.05) is 14.1 Å². The summed E-state index contributed by atoms with van der Waals surface area (Å²) in [4.78, 5) is 15.1. The van der Waals surface area contributed by atoms with E-state index in [9.17, 15) is 4.79 Å². The molecular weight excluding hydrogens is 252 g/mol. The van der Waals surface area contributed by atoms with Gasteiger partial charge in [0.15, 0.2) is 0 Å². The van der Waals surface area contributed by atoms with Crippen molar-refractivity contribution in [1.29, 1.82) is 5.41 Å². The van der Waals surface area contributed by atoms with Crippen molar-refractivity contribution in [2.45, 2.75) is 0 Å². The number of hydrogen-bond donors (Lipinski definition) is 1. The van der Waals surface area contributed by atoms with E-state index in [4.69, 9.17) is 5.41 Å². The molecule has 1 aliphatic heterocycles. The second kappa shape index (κ2) is 4.23. The molecule has 2 aromatic rings. The van der Waals surface area contributed by atoms with Gasteiger partial charge in [0, 0.05) is 43.8 Å². The highest BCUT2D eigenvalue weighted by molar-refractivity contribution is 6.14. The van der Waals surface area contributed by atoms with Crippen LogP contribution in [0.3, 0.4) is 0 Å². The SMILES string of the molecule is CN1C(=N)N(C)/C(=C/c2cn(C)c3ccccc23)C1=O. The summed E-state index contributed by atoms with van der Waals surface area (Å²) in [5.41, 5.74) is 2.63. The molecule has 1 aromatic heterocycles. The van der Waals surface area contributed by atoms with Gasteiger partial charge in [-0.25, -0.2) is 0 Å². The number of rotatable bonds is 1. The molecule has 1 aromatic carbocycles. The number of likely N-dealkylation sites (N-methyl/N-ethyl adjacent to an activating group) is 2. The second-order valence-corrected chi connectivity index (χ2v) is 4.99. The number of amides is 1. The molecule has 1 amide bonds. The molecule has 0 saturated carbocycles. The molecule has 0 radical (unpaired) electrons. The minimum Gasteiger partial charge on any atom is -0.350 e. The van der Waals surface area contributed by atoms with Gasteiger partial charge in [-0.2, -0.15) is 0 Å². The summed E-state index contributed by atoms with van der Waals surface area (Å²) in [5, 5.41) is 8.94. The molecule has 1 fully saturated rings. The first-order valence-corrected chi connectivity index (χ1v) is 6.37. The number of guanidine groups is 1. The average Bonchev–Trinajstić information content (AvgIpc) is 2.86.